The van der Waals surface area contributed by atoms with Crippen molar-refractivity contribution in [2.45, 2.75) is 32.9 Å². The first kappa shape index (κ1) is 14.2. The zero-order valence-corrected chi connectivity index (χ0v) is 13.1. The van der Waals surface area contributed by atoms with Crippen molar-refractivity contribution in [3.8, 4) is 0 Å². The molecule has 0 radical (unpaired) electrons. The molecule has 0 bridgehead atoms. The molecule has 0 aliphatic carbocycles. The van der Waals surface area contributed by atoms with Crippen LogP contribution in [0.4, 0.5) is 5.69 Å². The Morgan fingerprint density at radius 1 is 1.00 bits per heavy atom. The van der Waals surface area contributed by atoms with Crippen molar-refractivity contribution in [3.63, 3.8) is 0 Å². The molecule has 0 aromatic heterocycles. The predicted molar refractivity (Wildman–Crippen MR) is 89.9 cm³/mol. The smallest absolute Gasteiger partial charge is 0.0499 e. The van der Waals surface area contributed by atoms with Gasteiger partial charge in [-0.15, -0.1) is 0 Å². The van der Waals surface area contributed by atoms with E-state index in [0.717, 1.165) is 13.1 Å². The zero-order valence-electron chi connectivity index (χ0n) is 13.1. The Morgan fingerprint density at radius 3 is 2.48 bits per heavy atom. The molecular formula is C19H24N2. The molecule has 1 aliphatic rings. The third-order valence-electron chi connectivity index (χ3n) is 4.60. The van der Waals surface area contributed by atoms with Crippen molar-refractivity contribution >= 4 is 5.69 Å². The molecule has 2 nitrogen and oxygen atoms in total. The SMILES string of the molecule is Cc1ccc(N2CC(c3ccccc3)NCC2C)cc1C. The molecule has 0 saturated carbocycles. The van der Waals surface area contributed by atoms with Crippen LogP contribution in [0.3, 0.4) is 0 Å². The van der Waals surface area contributed by atoms with Gasteiger partial charge in [-0.05, 0) is 49.6 Å². The highest BCUT2D eigenvalue weighted by molar-refractivity contribution is 5.52. The van der Waals surface area contributed by atoms with Crippen LogP contribution in [-0.2, 0) is 0 Å². The van der Waals surface area contributed by atoms with Crippen molar-refractivity contribution < 1.29 is 0 Å². The lowest BCUT2D eigenvalue weighted by molar-refractivity contribution is 0.414. The van der Waals surface area contributed by atoms with E-state index in [9.17, 15) is 0 Å². The van der Waals surface area contributed by atoms with Gasteiger partial charge in [-0.3, -0.25) is 0 Å². The molecule has 0 spiro atoms. The Morgan fingerprint density at radius 2 is 1.76 bits per heavy atom. The van der Waals surface area contributed by atoms with Gasteiger partial charge in [0.25, 0.3) is 0 Å². The van der Waals surface area contributed by atoms with E-state index in [1.807, 2.05) is 0 Å². The number of piperazine rings is 1. The van der Waals surface area contributed by atoms with E-state index in [-0.39, 0.29) is 0 Å². The average molecular weight is 280 g/mol. The summed E-state index contributed by atoms with van der Waals surface area (Å²) in [7, 11) is 0. The molecule has 2 aromatic rings. The van der Waals surface area contributed by atoms with Gasteiger partial charge in [0, 0.05) is 30.9 Å². The van der Waals surface area contributed by atoms with E-state index < -0.39 is 0 Å². The lowest BCUT2D eigenvalue weighted by Crippen LogP contribution is -2.51. The average Bonchev–Trinajstić information content (AvgIpc) is 2.51. The molecule has 1 saturated heterocycles. The number of benzene rings is 2. The monoisotopic (exact) mass is 280 g/mol. The molecule has 2 atom stereocenters. The highest BCUT2D eigenvalue weighted by Crippen LogP contribution is 2.27. The molecular weight excluding hydrogens is 256 g/mol. The molecule has 2 heteroatoms. The van der Waals surface area contributed by atoms with E-state index in [1.165, 1.54) is 22.4 Å². The molecule has 0 amide bonds. The van der Waals surface area contributed by atoms with Gasteiger partial charge in [-0.25, -0.2) is 0 Å². The van der Waals surface area contributed by atoms with E-state index >= 15 is 0 Å². The standard InChI is InChI=1S/C19H24N2/c1-14-9-10-18(11-15(14)2)21-13-19(20-12-16(21)3)17-7-5-4-6-8-17/h4-11,16,19-20H,12-13H2,1-3H3. The zero-order chi connectivity index (χ0) is 14.8. The van der Waals surface area contributed by atoms with E-state index in [2.05, 4.69) is 79.5 Å². The van der Waals surface area contributed by atoms with Crippen molar-refractivity contribution in [1.82, 2.24) is 5.32 Å². The molecule has 1 fully saturated rings. The largest absolute Gasteiger partial charge is 0.366 e. The number of nitrogens with one attached hydrogen (secondary N) is 1. The van der Waals surface area contributed by atoms with Gasteiger partial charge in [0.05, 0.1) is 0 Å². The van der Waals surface area contributed by atoms with Gasteiger partial charge in [0.2, 0.25) is 0 Å². The fourth-order valence-electron chi connectivity index (χ4n) is 3.04. The number of aryl methyl sites for hydroxylation is 2. The predicted octanol–water partition coefficient (Wildman–Crippen LogP) is 3.84. The van der Waals surface area contributed by atoms with E-state index in [4.69, 9.17) is 0 Å². The summed E-state index contributed by atoms with van der Waals surface area (Å²) < 4.78 is 0. The van der Waals surface area contributed by atoms with Crippen LogP contribution in [0.1, 0.15) is 29.7 Å². The third-order valence-corrected chi connectivity index (χ3v) is 4.60. The maximum Gasteiger partial charge on any atom is 0.0499 e. The maximum atomic E-state index is 3.67. The Bertz CT molecular complexity index is 606. The molecule has 110 valence electrons. The summed E-state index contributed by atoms with van der Waals surface area (Å²) in [6.07, 6.45) is 0. The first-order chi connectivity index (χ1) is 10.1. The minimum Gasteiger partial charge on any atom is -0.366 e. The third kappa shape index (κ3) is 2.96. The van der Waals surface area contributed by atoms with Gasteiger partial charge in [0.15, 0.2) is 0 Å². The minimum atomic E-state index is 0.406. The summed E-state index contributed by atoms with van der Waals surface area (Å²) >= 11 is 0. The Balaban J connectivity index is 1.85. The van der Waals surface area contributed by atoms with Crippen LogP contribution in [0, 0.1) is 13.8 Å². The van der Waals surface area contributed by atoms with Crippen molar-refractivity contribution in [1.29, 1.82) is 0 Å². The minimum absolute atomic E-state index is 0.406. The number of hydrogen-bond donors (Lipinski definition) is 1. The fourth-order valence-corrected chi connectivity index (χ4v) is 3.04. The maximum absolute atomic E-state index is 3.67. The van der Waals surface area contributed by atoms with Crippen LogP contribution in [0.25, 0.3) is 0 Å². The second-order valence-electron chi connectivity index (χ2n) is 6.14. The summed E-state index contributed by atoms with van der Waals surface area (Å²) in [6, 6.07) is 18.5. The first-order valence-corrected chi connectivity index (χ1v) is 7.77. The first-order valence-electron chi connectivity index (χ1n) is 7.77. The fraction of sp³-hybridized carbons (Fsp3) is 0.368. The molecule has 1 heterocycles. The lowest BCUT2D eigenvalue weighted by atomic mass is 10.0. The summed E-state index contributed by atoms with van der Waals surface area (Å²) in [6.45, 7) is 8.71. The highest BCUT2D eigenvalue weighted by Gasteiger charge is 2.26. The molecule has 1 N–H and O–H groups in total. The van der Waals surface area contributed by atoms with Gasteiger partial charge in [-0.1, -0.05) is 36.4 Å². The van der Waals surface area contributed by atoms with Gasteiger partial charge in [0.1, 0.15) is 0 Å². The Hall–Kier alpha value is -1.80. The summed E-state index contributed by atoms with van der Waals surface area (Å²) in [5.74, 6) is 0. The Labute approximate surface area is 127 Å². The molecule has 1 aliphatic heterocycles. The molecule has 21 heavy (non-hydrogen) atoms. The summed E-state index contributed by atoms with van der Waals surface area (Å²) in [5.41, 5.74) is 5.45. The lowest BCUT2D eigenvalue weighted by Gasteiger charge is -2.41. The number of hydrogen-bond acceptors (Lipinski definition) is 2. The van der Waals surface area contributed by atoms with E-state index in [0.29, 0.717) is 12.1 Å². The highest BCUT2D eigenvalue weighted by atomic mass is 15.2. The normalized spacial score (nSPS) is 22.3. The summed E-state index contributed by atoms with van der Waals surface area (Å²) in [4.78, 5) is 2.53. The quantitative estimate of drug-likeness (QED) is 0.899. The number of nitrogens with zero attached hydrogens (tertiary/aromatic N) is 1. The van der Waals surface area contributed by atoms with Crippen molar-refractivity contribution in [2.75, 3.05) is 18.0 Å². The van der Waals surface area contributed by atoms with Crippen LogP contribution < -0.4 is 10.2 Å². The van der Waals surface area contributed by atoms with Crippen molar-refractivity contribution in [2.24, 2.45) is 0 Å². The van der Waals surface area contributed by atoms with Crippen LogP contribution >= 0.6 is 0 Å². The second-order valence-corrected chi connectivity index (χ2v) is 6.14. The van der Waals surface area contributed by atoms with Gasteiger partial charge < -0.3 is 10.2 Å². The van der Waals surface area contributed by atoms with Crippen LogP contribution in [-0.4, -0.2) is 19.1 Å². The molecule has 2 unspecified atom stereocenters. The van der Waals surface area contributed by atoms with Gasteiger partial charge >= 0.3 is 0 Å². The topological polar surface area (TPSA) is 15.3 Å². The number of anilines is 1. The van der Waals surface area contributed by atoms with Gasteiger partial charge in [-0.2, -0.15) is 0 Å². The van der Waals surface area contributed by atoms with Crippen molar-refractivity contribution in [3.05, 3.63) is 65.2 Å². The van der Waals surface area contributed by atoms with Crippen LogP contribution in [0.15, 0.2) is 48.5 Å². The van der Waals surface area contributed by atoms with E-state index in [1.54, 1.807) is 0 Å². The van der Waals surface area contributed by atoms with Crippen LogP contribution in [0.2, 0.25) is 0 Å². The molecule has 3 rings (SSSR count). The molecule has 2 aromatic carbocycles. The summed E-state index contributed by atoms with van der Waals surface area (Å²) in [5, 5.41) is 3.67. The number of rotatable bonds is 2. The van der Waals surface area contributed by atoms with Crippen LogP contribution in [0.5, 0.6) is 0 Å². The second kappa shape index (κ2) is 5.90. The Kier molecular flexibility index (Phi) is 3.98.